The van der Waals surface area contributed by atoms with Crippen LogP contribution in [0.2, 0.25) is 0 Å². The van der Waals surface area contributed by atoms with Crippen LogP contribution in [0, 0.1) is 11.8 Å². The van der Waals surface area contributed by atoms with E-state index in [-0.39, 0.29) is 23.8 Å². The van der Waals surface area contributed by atoms with Gasteiger partial charge in [0.2, 0.25) is 11.8 Å². The molecule has 160 valence electrons. The van der Waals surface area contributed by atoms with Crippen molar-refractivity contribution in [1.29, 1.82) is 0 Å². The Bertz CT molecular complexity index is 862. The maximum Gasteiger partial charge on any atom is 0.231 e. The van der Waals surface area contributed by atoms with Crippen molar-refractivity contribution >= 4 is 17.6 Å². The lowest BCUT2D eigenvalue weighted by Crippen LogP contribution is -2.50. The molecule has 1 saturated carbocycles. The molecule has 2 aromatic rings. The minimum Gasteiger partial charge on any atom is -0.343 e. The van der Waals surface area contributed by atoms with Crippen molar-refractivity contribution in [3.8, 4) is 5.69 Å². The van der Waals surface area contributed by atoms with Crippen molar-refractivity contribution < 1.29 is 9.59 Å². The maximum atomic E-state index is 13.7. The van der Waals surface area contributed by atoms with Crippen LogP contribution in [0.25, 0.3) is 5.69 Å². The highest BCUT2D eigenvalue weighted by atomic mass is 16.2. The molecule has 2 heterocycles. The van der Waals surface area contributed by atoms with Crippen LogP contribution >= 0.6 is 0 Å². The van der Waals surface area contributed by atoms with Gasteiger partial charge in [0.25, 0.3) is 0 Å². The zero-order valence-corrected chi connectivity index (χ0v) is 18.0. The number of piperidine rings is 1. The zero-order valence-electron chi connectivity index (χ0n) is 18.0. The monoisotopic (exact) mass is 408 g/mol. The topological polar surface area (TPSA) is 58.4 Å². The molecule has 0 N–H and O–H groups in total. The summed E-state index contributed by atoms with van der Waals surface area (Å²) in [5, 5.41) is 4.78. The molecule has 0 unspecified atom stereocenters. The summed E-state index contributed by atoms with van der Waals surface area (Å²) in [6, 6.07) is 12.0. The number of rotatable bonds is 4. The quantitative estimate of drug-likeness (QED) is 0.767. The van der Waals surface area contributed by atoms with Gasteiger partial charge in [0.15, 0.2) is 5.82 Å². The van der Waals surface area contributed by atoms with Gasteiger partial charge in [-0.3, -0.25) is 14.5 Å². The van der Waals surface area contributed by atoms with E-state index in [0.717, 1.165) is 50.0 Å². The van der Waals surface area contributed by atoms with Gasteiger partial charge in [-0.05, 0) is 56.6 Å². The summed E-state index contributed by atoms with van der Waals surface area (Å²) in [4.78, 5) is 29.2. The van der Waals surface area contributed by atoms with E-state index >= 15 is 0 Å². The standard InChI is InChI=1S/C24H32N4O2/c1-18-8-10-20(11-9-18)24(30)28(22-12-15-26(16-13-22)19(2)29)23-14-17-27(25-23)21-6-4-3-5-7-21/h3-7,14,17-18,20,22H,8-13,15-16H2,1-2H3. The summed E-state index contributed by atoms with van der Waals surface area (Å²) in [6.45, 7) is 5.29. The molecule has 0 radical (unpaired) electrons. The SMILES string of the molecule is CC(=O)N1CCC(N(C(=O)C2CCC(C)CC2)c2ccn(-c3ccccc3)n2)CC1. The van der Waals surface area contributed by atoms with Crippen molar-refractivity contribution in [2.45, 2.75) is 58.4 Å². The summed E-state index contributed by atoms with van der Waals surface area (Å²) >= 11 is 0. The smallest absolute Gasteiger partial charge is 0.231 e. The Hall–Kier alpha value is -2.63. The van der Waals surface area contributed by atoms with Gasteiger partial charge in [-0.15, -0.1) is 5.10 Å². The predicted octanol–water partition coefficient (Wildman–Crippen LogP) is 4.04. The van der Waals surface area contributed by atoms with Gasteiger partial charge in [-0.2, -0.15) is 0 Å². The van der Waals surface area contributed by atoms with Crippen LogP contribution in [0.4, 0.5) is 5.82 Å². The fourth-order valence-corrected chi connectivity index (χ4v) is 4.79. The largest absolute Gasteiger partial charge is 0.343 e. The first kappa shape index (κ1) is 20.6. The molecule has 1 aliphatic carbocycles. The number of nitrogens with zero attached hydrogens (tertiary/aromatic N) is 4. The Morgan fingerprint density at radius 3 is 2.27 bits per heavy atom. The highest BCUT2D eigenvalue weighted by Crippen LogP contribution is 2.33. The first-order valence-electron chi connectivity index (χ1n) is 11.2. The molecule has 0 atom stereocenters. The van der Waals surface area contributed by atoms with Crippen molar-refractivity contribution in [3.63, 3.8) is 0 Å². The molecule has 2 fully saturated rings. The van der Waals surface area contributed by atoms with Gasteiger partial charge in [-0.25, -0.2) is 4.68 Å². The van der Waals surface area contributed by atoms with E-state index in [0.29, 0.717) is 19.0 Å². The van der Waals surface area contributed by atoms with Crippen molar-refractivity contribution in [2.24, 2.45) is 11.8 Å². The fraction of sp³-hybridized carbons (Fsp3) is 0.542. The number of carbonyl (C=O) groups excluding carboxylic acids is 2. The summed E-state index contributed by atoms with van der Waals surface area (Å²) < 4.78 is 1.84. The third-order valence-electron chi connectivity index (χ3n) is 6.72. The second kappa shape index (κ2) is 9.02. The minimum atomic E-state index is 0.0777. The second-order valence-electron chi connectivity index (χ2n) is 8.86. The average Bonchev–Trinajstić information content (AvgIpc) is 3.25. The summed E-state index contributed by atoms with van der Waals surface area (Å²) in [5.41, 5.74) is 0.981. The van der Waals surface area contributed by atoms with E-state index in [1.54, 1.807) is 6.92 Å². The minimum absolute atomic E-state index is 0.0777. The molecule has 2 aliphatic rings. The second-order valence-corrected chi connectivity index (χ2v) is 8.86. The molecule has 4 rings (SSSR count). The normalized spacial score (nSPS) is 22.7. The molecule has 30 heavy (non-hydrogen) atoms. The number of hydrogen-bond donors (Lipinski definition) is 0. The third kappa shape index (κ3) is 4.42. The molecule has 6 nitrogen and oxygen atoms in total. The molecule has 1 aromatic carbocycles. The zero-order chi connectivity index (χ0) is 21.1. The number of amides is 2. The van der Waals surface area contributed by atoms with E-state index in [2.05, 4.69) is 6.92 Å². The number of likely N-dealkylation sites (tertiary alicyclic amines) is 1. The molecular weight excluding hydrogens is 376 g/mol. The van der Waals surface area contributed by atoms with Crippen LogP contribution in [0.5, 0.6) is 0 Å². The predicted molar refractivity (Wildman–Crippen MR) is 117 cm³/mol. The Morgan fingerprint density at radius 2 is 1.63 bits per heavy atom. The number of hydrogen-bond acceptors (Lipinski definition) is 3. The molecule has 1 saturated heterocycles. The maximum absolute atomic E-state index is 13.7. The van der Waals surface area contributed by atoms with Crippen LogP contribution < -0.4 is 4.90 Å². The Morgan fingerprint density at radius 1 is 0.967 bits per heavy atom. The molecule has 6 heteroatoms. The van der Waals surface area contributed by atoms with Gasteiger partial charge in [0.1, 0.15) is 0 Å². The highest BCUT2D eigenvalue weighted by Gasteiger charge is 2.36. The number of aromatic nitrogens is 2. The Kier molecular flexibility index (Phi) is 6.21. The van der Waals surface area contributed by atoms with Crippen LogP contribution in [-0.4, -0.2) is 45.6 Å². The van der Waals surface area contributed by atoms with E-state index < -0.39 is 0 Å². The number of benzene rings is 1. The van der Waals surface area contributed by atoms with Crippen molar-refractivity contribution in [3.05, 3.63) is 42.6 Å². The van der Waals surface area contributed by atoms with E-state index in [4.69, 9.17) is 5.10 Å². The number of anilines is 1. The van der Waals surface area contributed by atoms with Gasteiger partial charge < -0.3 is 4.90 Å². The summed E-state index contributed by atoms with van der Waals surface area (Å²) in [5.74, 6) is 1.83. The molecule has 1 aliphatic heterocycles. The number of para-hydroxylation sites is 1. The van der Waals surface area contributed by atoms with Crippen LogP contribution in [0.3, 0.4) is 0 Å². The lowest BCUT2D eigenvalue weighted by Gasteiger charge is -2.39. The fourth-order valence-electron chi connectivity index (χ4n) is 4.79. The third-order valence-corrected chi connectivity index (χ3v) is 6.72. The summed E-state index contributed by atoms with van der Waals surface area (Å²) in [7, 11) is 0. The van der Waals surface area contributed by atoms with Crippen LogP contribution in [0.15, 0.2) is 42.6 Å². The van der Waals surface area contributed by atoms with Crippen molar-refractivity contribution in [1.82, 2.24) is 14.7 Å². The first-order valence-corrected chi connectivity index (χ1v) is 11.2. The van der Waals surface area contributed by atoms with E-state index in [9.17, 15) is 9.59 Å². The summed E-state index contributed by atoms with van der Waals surface area (Å²) in [6.07, 6.45) is 7.68. The lowest BCUT2D eigenvalue weighted by atomic mass is 9.82. The van der Waals surface area contributed by atoms with Crippen molar-refractivity contribution in [2.75, 3.05) is 18.0 Å². The molecule has 0 spiro atoms. The molecular formula is C24H32N4O2. The van der Waals surface area contributed by atoms with Gasteiger partial charge >= 0.3 is 0 Å². The Balaban J connectivity index is 1.58. The molecule has 2 amide bonds. The number of carbonyl (C=O) groups is 2. The first-order chi connectivity index (χ1) is 14.5. The van der Waals surface area contributed by atoms with Crippen LogP contribution in [-0.2, 0) is 9.59 Å². The highest BCUT2D eigenvalue weighted by molar-refractivity contribution is 5.95. The van der Waals surface area contributed by atoms with Crippen LogP contribution in [0.1, 0.15) is 52.4 Å². The van der Waals surface area contributed by atoms with E-state index in [1.807, 2.05) is 57.1 Å². The van der Waals surface area contributed by atoms with E-state index in [1.165, 1.54) is 0 Å². The lowest BCUT2D eigenvalue weighted by molar-refractivity contribution is -0.129. The van der Waals surface area contributed by atoms with Gasteiger partial charge in [0.05, 0.1) is 5.69 Å². The van der Waals surface area contributed by atoms with Gasteiger partial charge in [-0.1, -0.05) is 25.1 Å². The molecule has 1 aromatic heterocycles. The Labute approximate surface area is 178 Å². The molecule has 0 bridgehead atoms. The average molecular weight is 409 g/mol. The van der Waals surface area contributed by atoms with Gasteiger partial charge in [0, 0.05) is 44.2 Å².